The van der Waals surface area contributed by atoms with Crippen LogP contribution in [0.1, 0.15) is 39.0 Å². The quantitative estimate of drug-likeness (QED) is 0.353. The van der Waals surface area contributed by atoms with Gasteiger partial charge in [-0.05, 0) is 13.3 Å². The van der Waals surface area contributed by atoms with Gasteiger partial charge in [-0.25, -0.2) is 0 Å². The number of carbonyl (C=O) groups excluding carboxylic acids is 2. The van der Waals surface area contributed by atoms with Gasteiger partial charge in [0.15, 0.2) is 0 Å². The lowest BCUT2D eigenvalue weighted by atomic mass is 10.1. The lowest BCUT2D eigenvalue weighted by Crippen LogP contribution is -2.07. The van der Waals surface area contributed by atoms with Gasteiger partial charge in [0.1, 0.15) is 5.78 Å². The second kappa shape index (κ2) is 8.31. The van der Waals surface area contributed by atoms with Crippen LogP contribution in [0.4, 0.5) is 0 Å². The van der Waals surface area contributed by atoms with Crippen molar-refractivity contribution in [3.8, 4) is 12.3 Å². The van der Waals surface area contributed by atoms with Gasteiger partial charge in [0, 0.05) is 19.3 Å². The van der Waals surface area contributed by atoms with Gasteiger partial charge in [-0.2, -0.15) is 0 Å². The molecule has 78 valence electrons. The van der Waals surface area contributed by atoms with Gasteiger partial charge in [-0.3, -0.25) is 9.59 Å². The minimum absolute atomic E-state index is 0.0771. The summed E-state index contributed by atoms with van der Waals surface area (Å²) in [4.78, 5) is 22.0. The molecule has 0 aliphatic heterocycles. The molecule has 0 spiro atoms. The van der Waals surface area contributed by atoms with E-state index in [0.29, 0.717) is 25.9 Å². The van der Waals surface area contributed by atoms with E-state index in [4.69, 9.17) is 11.2 Å². The molecule has 0 aromatic carbocycles. The largest absolute Gasteiger partial charge is 0.466 e. The fraction of sp³-hybridized carbons (Fsp3) is 0.636. The average Bonchev–Trinajstić information content (AvgIpc) is 2.16. The van der Waals surface area contributed by atoms with Gasteiger partial charge in [0.25, 0.3) is 0 Å². The molecule has 3 heteroatoms. The molecule has 3 nitrogen and oxygen atoms in total. The van der Waals surface area contributed by atoms with E-state index in [2.05, 4.69) is 5.92 Å². The van der Waals surface area contributed by atoms with E-state index in [1.54, 1.807) is 6.92 Å². The Morgan fingerprint density at radius 1 is 1.29 bits per heavy atom. The topological polar surface area (TPSA) is 43.4 Å². The van der Waals surface area contributed by atoms with E-state index < -0.39 is 0 Å². The molecule has 0 atom stereocenters. The molecule has 0 saturated heterocycles. The van der Waals surface area contributed by atoms with Crippen molar-refractivity contribution in [2.75, 3.05) is 6.61 Å². The molecule has 0 aliphatic carbocycles. The maximum Gasteiger partial charge on any atom is 0.306 e. The van der Waals surface area contributed by atoms with Crippen LogP contribution >= 0.6 is 0 Å². The Morgan fingerprint density at radius 2 is 2.00 bits per heavy atom. The van der Waals surface area contributed by atoms with E-state index >= 15 is 0 Å². The van der Waals surface area contributed by atoms with E-state index in [-0.39, 0.29) is 24.6 Å². The van der Waals surface area contributed by atoms with E-state index in [1.165, 1.54) is 0 Å². The van der Waals surface area contributed by atoms with Crippen LogP contribution in [0.15, 0.2) is 0 Å². The fourth-order valence-corrected chi connectivity index (χ4v) is 0.987. The molecular weight excluding hydrogens is 180 g/mol. The first-order chi connectivity index (χ1) is 6.70. The second-order valence-electron chi connectivity index (χ2n) is 2.90. The summed E-state index contributed by atoms with van der Waals surface area (Å²) in [5.41, 5.74) is 0. The van der Waals surface area contributed by atoms with Gasteiger partial charge in [0.05, 0.1) is 13.0 Å². The number of ether oxygens (including phenoxy) is 1. The molecule has 0 aromatic rings. The standard InChI is InChI=1S/C11H16O3/c1-3-5-6-7-10(12)8-9-11(13)14-4-2/h1H,4-9H2,2H3. The molecule has 0 saturated carbocycles. The van der Waals surface area contributed by atoms with Crippen LogP contribution in [0.5, 0.6) is 0 Å². The maximum absolute atomic E-state index is 11.2. The van der Waals surface area contributed by atoms with Gasteiger partial charge in [-0.15, -0.1) is 12.3 Å². The summed E-state index contributed by atoms with van der Waals surface area (Å²) in [6.45, 7) is 2.11. The Labute approximate surface area is 84.8 Å². The third kappa shape index (κ3) is 7.35. The Balaban J connectivity index is 3.44. The van der Waals surface area contributed by atoms with E-state index in [1.807, 2.05) is 0 Å². The Bertz CT molecular complexity index is 225. The van der Waals surface area contributed by atoms with Gasteiger partial charge in [-0.1, -0.05) is 0 Å². The van der Waals surface area contributed by atoms with E-state index in [0.717, 1.165) is 0 Å². The first-order valence-electron chi connectivity index (χ1n) is 4.81. The summed E-state index contributed by atoms with van der Waals surface area (Å²) in [5, 5.41) is 0. The molecule has 14 heavy (non-hydrogen) atoms. The lowest BCUT2D eigenvalue weighted by molar-refractivity contribution is -0.144. The summed E-state index contributed by atoms with van der Waals surface area (Å²) in [6.07, 6.45) is 7.28. The number of esters is 1. The van der Waals surface area contributed by atoms with Gasteiger partial charge >= 0.3 is 5.97 Å². The Morgan fingerprint density at radius 3 is 2.57 bits per heavy atom. The van der Waals surface area contributed by atoms with Crippen molar-refractivity contribution in [1.82, 2.24) is 0 Å². The maximum atomic E-state index is 11.2. The molecule has 0 radical (unpaired) electrons. The molecule has 0 fully saturated rings. The molecular formula is C11H16O3. The van der Waals surface area contributed by atoms with Crippen LogP contribution in [0.25, 0.3) is 0 Å². The predicted octanol–water partition coefficient (Wildman–Crippen LogP) is 1.70. The normalized spacial score (nSPS) is 9.14. The zero-order valence-corrected chi connectivity index (χ0v) is 8.54. The van der Waals surface area contributed by atoms with Crippen LogP contribution < -0.4 is 0 Å². The van der Waals surface area contributed by atoms with Crippen LogP contribution in [0, 0.1) is 12.3 Å². The fourth-order valence-electron chi connectivity index (χ4n) is 0.987. The SMILES string of the molecule is C#CCCCC(=O)CCC(=O)OCC. The Hall–Kier alpha value is -1.30. The third-order valence-electron chi connectivity index (χ3n) is 1.69. The zero-order valence-electron chi connectivity index (χ0n) is 8.54. The number of ketones is 1. The predicted molar refractivity (Wildman–Crippen MR) is 53.6 cm³/mol. The molecule has 0 heterocycles. The van der Waals surface area contributed by atoms with Gasteiger partial charge < -0.3 is 4.74 Å². The minimum Gasteiger partial charge on any atom is -0.466 e. The molecule has 0 unspecified atom stereocenters. The lowest BCUT2D eigenvalue weighted by Gasteiger charge is -2.00. The first-order valence-corrected chi connectivity index (χ1v) is 4.81. The van der Waals surface area contributed by atoms with Crippen molar-refractivity contribution in [3.05, 3.63) is 0 Å². The van der Waals surface area contributed by atoms with Crippen LogP contribution in [0.3, 0.4) is 0 Å². The number of carbonyl (C=O) groups is 2. The van der Waals surface area contributed by atoms with Crippen LogP contribution in [0.2, 0.25) is 0 Å². The number of hydrogen-bond donors (Lipinski definition) is 0. The first kappa shape index (κ1) is 12.7. The van der Waals surface area contributed by atoms with Gasteiger partial charge in [0.2, 0.25) is 0 Å². The molecule has 0 aromatic heterocycles. The molecule has 0 rings (SSSR count). The third-order valence-corrected chi connectivity index (χ3v) is 1.69. The molecule has 0 N–H and O–H groups in total. The van der Waals surface area contributed by atoms with Crippen LogP contribution in [-0.2, 0) is 14.3 Å². The molecule has 0 aliphatic rings. The summed E-state index contributed by atoms with van der Waals surface area (Å²) in [7, 11) is 0. The Kier molecular flexibility index (Phi) is 7.53. The number of unbranched alkanes of at least 4 members (excludes halogenated alkanes) is 1. The number of terminal acetylenes is 1. The zero-order chi connectivity index (χ0) is 10.8. The summed E-state index contributed by atoms with van der Waals surface area (Å²) >= 11 is 0. The van der Waals surface area contributed by atoms with Crippen molar-refractivity contribution in [3.63, 3.8) is 0 Å². The highest BCUT2D eigenvalue weighted by Gasteiger charge is 2.06. The van der Waals surface area contributed by atoms with Crippen molar-refractivity contribution in [1.29, 1.82) is 0 Å². The van der Waals surface area contributed by atoms with Crippen molar-refractivity contribution in [2.45, 2.75) is 39.0 Å². The summed E-state index contributed by atoms with van der Waals surface area (Å²) < 4.78 is 4.69. The van der Waals surface area contributed by atoms with E-state index in [9.17, 15) is 9.59 Å². The molecule has 0 amide bonds. The van der Waals surface area contributed by atoms with Crippen molar-refractivity contribution in [2.24, 2.45) is 0 Å². The highest BCUT2D eigenvalue weighted by atomic mass is 16.5. The van der Waals surface area contributed by atoms with Crippen LogP contribution in [-0.4, -0.2) is 18.4 Å². The summed E-state index contributed by atoms with van der Waals surface area (Å²) in [5.74, 6) is 2.23. The number of Topliss-reactive ketones (excluding diaryl/α,β-unsaturated/α-hetero) is 1. The second-order valence-corrected chi connectivity index (χ2v) is 2.90. The minimum atomic E-state index is -0.308. The summed E-state index contributed by atoms with van der Waals surface area (Å²) in [6, 6.07) is 0. The highest BCUT2D eigenvalue weighted by Crippen LogP contribution is 2.02. The molecule has 0 bridgehead atoms. The highest BCUT2D eigenvalue weighted by molar-refractivity contribution is 5.82. The average molecular weight is 196 g/mol. The number of rotatable bonds is 7. The number of hydrogen-bond acceptors (Lipinski definition) is 3. The monoisotopic (exact) mass is 196 g/mol. The smallest absolute Gasteiger partial charge is 0.306 e. The van der Waals surface area contributed by atoms with Crippen molar-refractivity contribution >= 4 is 11.8 Å². The van der Waals surface area contributed by atoms with Crippen molar-refractivity contribution < 1.29 is 14.3 Å².